The van der Waals surface area contributed by atoms with E-state index in [-0.39, 0.29) is 4.90 Å². The number of benzene rings is 4. The first-order valence-electron chi connectivity index (χ1n) is 9.85. The van der Waals surface area contributed by atoms with Gasteiger partial charge in [0.25, 0.3) is 0 Å². The number of hydrogen-bond acceptors (Lipinski definition) is 3. The number of halogens is 3. The minimum absolute atomic E-state index is 0.112. The van der Waals surface area contributed by atoms with Crippen molar-refractivity contribution in [1.29, 1.82) is 0 Å². The second-order valence-electron chi connectivity index (χ2n) is 7.22. The van der Waals surface area contributed by atoms with Crippen molar-refractivity contribution in [2.24, 2.45) is 0 Å². The van der Waals surface area contributed by atoms with Crippen LogP contribution in [0.1, 0.15) is 5.56 Å². The van der Waals surface area contributed by atoms with Crippen LogP contribution in [0.25, 0.3) is 0 Å². The second-order valence-corrected chi connectivity index (χ2v) is 14.2. The van der Waals surface area contributed by atoms with E-state index in [0.717, 1.165) is 33.7 Å². The van der Waals surface area contributed by atoms with E-state index in [2.05, 4.69) is 47.8 Å². The van der Waals surface area contributed by atoms with Gasteiger partial charge in [0, 0.05) is 23.2 Å². The minimum atomic E-state index is -4.14. The Kier molecular flexibility index (Phi) is 7.53. The SMILES string of the molecule is Cc1ccc(S(=O)(=O)OS(c2ccccc2)(c2ccccc2)c2c(Br)cc(Br)cc2Br)cc1. The van der Waals surface area contributed by atoms with Crippen molar-refractivity contribution in [2.75, 3.05) is 0 Å². The zero-order valence-electron chi connectivity index (χ0n) is 17.4. The van der Waals surface area contributed by atoms with Gasteiger partial charge in [0.2, 0.25) is 0 Å². The molecule has 0 amide bonds. The molecule has 4 rings (SSSR count). The predicted octanol–water partition coefficient (Wildman–Crippen LogP) is 8.88. The van der Waals surface area contributed by atoms with Crippen LogP contribution in [0.3, 0.4) is 0 Å². The van der Waals surface area contributed by atoms with Crippen molar-refractivity contribution in [3.63, 3.8) is 0 Å². The molecule has 0 radical (unpaired) electrons. The van der Waals surface area contributed by atoms with E-state index in [0.29, 0.717) is 0 Å². The van der Waals surface area contributed by atoms with E-state index in [4.69, 9.17) is 3.63 Å². The van der Waals surface area contributed by atoms with Crippen molar-refractivity contribution >= 4 is 68.2 Å². The van der Waals surface area contributed by atoms with Gasteiger partial charge in [-0.3, -0.25) is 0 Å². The lowest BCUT2D eigenvalue weighted by Crippen LogP contribution is -2.15. The Morgan fingerprint density at radius 2 is 1.09 bits per heavy atom. The van der Waals surface area contributed by atoms with Gasteiger partial charge in [-0.25, -0.2) is 3.63 Å². The van der Waals surface area contributed by atoms with Gasteiger partial charge in [0.05, 0.1) is 9.79 Å². The van der Waals surface area contributed by atoms with Crippen LogP contribution in [0.2, 0.25) is 0 Å². The second kappa shape index (κ2) is 10.1. The van der Waals surface area contributed by atoms with Gasteiger partial charge in [-0.1, -0.05) is 70.0 Å². The molecular formula is C25H19Br3O3S2. The number of hydrogen-bond donors (Lipinski definition) is 0. The van der Waals surface area contributed by atoms with Gasteiger partial charge in [-0.05, 0) is 97.6 Å². The average molecular weight is 671 g/mol. The van der Waals surface area contributed by atoms with Crippen LogP contribution in [-0.2, 0) is 13.7 Å². The average Bonchev–Trinajstić information content (AvgIpc) is 2.79. The van der Waals surface area contributed by atoms with Gasteiger partial charge in [-0.15, -0.1) is 0 Å². The van der Waals surface area contributed by atoms with Crippen LogP contribution in [-0.4, -0.2) is 8.42 Å². The highest BCUT2D eigenvalue weighted by Crippen LogP contribution is 2.73. The topological polar surface area (TPSA) is 43.4 Å². The molecular weight excluding hydrogens is 652 g/mol. The molecule has 0 heterocycles. The summed E-state index contributed by atoms with van der Waals surface area (Å²) < 4.78 is 36.1. The molecule has 0 aromatic heterocycles. The Morgan fingerprint density at radius 1 is 0.636 bits per heavy atom. The van der Waals surface area contributed by atoms with Gasteiger partial charge < -0.3 is 0 Å². The molecule has 0 N–H and O–H groups in total. The van der Waals surface area contributed by atoms with E-state index in [1.54, 1.807) is 24.3 Å². The summed E-state index contributed by atoms with van der Waals surface area (Å²) in [6.07, 6.45) is 0. The van der Waals surface area contributed by atoms with Crippen LogP contribution in [0.5, 0.6) is 0 Å². The molecule has 0 fully saturated rings. The van der Waals surface area contributed by atoms with Crippen LogP contribution >= 0.6 is 58.1 Å². The molecule has 4 aromatic carbocycles. The first-order valence-corrected chi connectivity index (χ1v) is 15.2. The first-order chi connectivity index (χ1) is 15.7. The lowest BCUT2D eigenvalue weighted by Gasteiger charge is -2.40. The third-order valence-electron chi connectivity index (χ3n) is 4.90. The highest BCUT2D eigenvalue weighted by atomic mass is 79.9. The summed E-state index contributed by atoms with van der Waals surface area (Å²) in [6, 6.07) is 29.5. The van der Waals surface area contributed by atoms with Crippen LogP contribution in [0.4, 0.5) is 0 Å². The Hall–Kier alpha value is -1.42. The number of aryl methyl sites for hydroxylation is 1. The van der Waals surface area contributed by atoms with Crippen molar-refractivity contribution in [1.82, 2.24) is 0 Å². The van der Waals surface area contributed by atoms with Crippen LogP contribution in [0.15, 0.2) is 130 Å². The Labute approximate surface area is 221 Å². The molecule has 0 saturated carbocycles. The monoisotopic (exact) mass is 668 g/mol. The molecule has 0 spiro atoms. The van der Waals surface area contributed by atoms with Gasteiger partial charge >= 0.3 is 10.1 Å². The molecule has 0 bridgehead atoms. The highest BCUT2D eigenvalue weighted by molar-refractivity contribution is 9.11. The fraction of sp³-hybridized carbons (Fsp3) is 0.0400. The standard InChI is InChI=1S/C25H19Br3O3S2/c1-18-12-14-22(15-13-18)33(29,30)31-32(20-8-4-2-5-9-20,21-10-6-3-7-11-21)25-23(27)16-19(26)17-24(25)28/h2-17H,1H3. The third-order valence-corrected chi connectivity index (χ3v) is 12.4. The van der Waals surface area contributed by atoms with Crippen molar-refractivity contribution in [3.8, 4) is 0 Å². The van der Waals surface area contributed by atoms with Crippen molar-refractivity contribution < 1.29 is 12.0 Å². The number of rotatable bonds is 6. The minimum Gasteiger partial charge on any atom is -0.203 e. The van der Waals surface area contributed by atoms with Crippen LogP contribution in [0, 0.1) is 6.92 Å². The molecule has 0 atom stereocenters. The molecule has 0 aliphatic rings. The molecule has 8 heteroatoms. The maximum atomic E-state index is 13.7. The summed E-state index contributed by atoms with van der Waals surface area (Å²) in [4.78, 5) is 2.35. The van der Waals surface area contributed by atoms with E-state index >= 15 is 0 Å². The molecule has 0 aliphatic heterocycles. The summed E-state index contributed by atoms with van der Waals surface area (Å²) in [6.45, 7) is 1.91. The summed E-state index contributed by atoms with van der Waals surface area (Å²) in [5.41, 5.74) is 0.970. The van der Waals surface area contributed by atoms with Gasteiger partial charge in [0.1, 0.15) is 0 Å². The van der Waals surface area contributed by atoms with Gasteiger partial charge in [0.15, 0.2) is 0 Å². The fourth-order valence-corrected chi connectivity index (χ4v) is 12.3. The lowest BCUT2D eigenvalue weighted by atomic mass is 10.2. The maximum Gasteiger partial charge on any atom is 0.307 e. The molecule has 0 aliphatic carbocycles. The highest BCUT2D eigenvalue weighted by Gasteiger charge is 2.41. The lowest BCUT2D eigenvalue weighted by molar-refractivity contribution is 0.508. The summed E-state index contributed by atoms with van der Waals surface area (Å²) in [5, 5.41) is 0. The molecule has 33 heavy (non-hydrogen) atoms. The van der Waals surface area contributed by atoms with E-state index < -0.39 is 20.4 Å². The fourth-order valence-electron chi connectivity index (χ4n) is 3.39. The quantitative estimate of drug-likeness (QED) is 0.206. The summed E-state index contributed by atoms with van der Waals surface area (Å²) >= 11 is 10.9. The molecule has 4 aromatic rings. The Balaban J connectivity index is 2.08. The zero-order chi connectivity index (χ0) is 23.6. The van der Waals surface area contributed by atoms with Gasteiger partial charge in [-0.2, -0.15) is 8.42 Å². The smallest absolute Gasteiger partial charge is 0.203 e. The summed E-state index contributed by atoms with van der Waals surface area (Å²) in [7, 11) is -6.87. The normalized spacial score (nSPS) is 12.5. The van der Waals surface area contributed by atoms with Crippen molar-refractivity contribution in [2.45, 2.75) is 26.5 Å². The molecule has 170 valence electrons. The molecule has 0 saturated heterocycles. The molecule has 3 nitrogen and oxygen atoms in total. The zero-order valence-corrected chi connectivity index (χ0v) is 23.8. The summed E-state index contributed by atoms with van der Waals surface area (Å²) in [5.74, 6) is 0. The van der Waals surface area contributed by atoms with E-state index in [1.165, 1.54) is 0 Å². The first kappa shape index (κ1) is 24.7. The Morgan fingerprint density at radius 3 is 1.55 bits per heavy atom. The third kappa shape index (κ3) is 5.01. The Bertz CT molecular complexity index is 1310. The largest absolute Gasteiger partial charge is 0.307 e. The van der Waals surface area contributed by atoms with Crippen LogP contribution < -0.4 is 0 Å². The molecule has 0 unspecified atom stereocenters. The van der Waals surface area contributed by atoms with E-state index in [9.17, 15) is 8.42 Å². The predicted molar refractivity (Wildman–Crippen MR) is 144 cm³/mol. The maximum absolute atomic E-state index is 13.7. The van der Waals surface area contributed by atoms with E-state index in [1.807, 2.05) is 79.7 Å². The van der Waals surface area contributed by atoms with Crippen molar-refractivity contribution in [3.05, 3.63) is 116 Å².